The number of carboxylic acid groups (broad SMARTS) is 1. The minimum Gasteiger partial charge on any atom is -0.477 e. The van der Waals surface area contributed by atoms with Gasteiger partial charge in [0.2, 0.25) is 0 Å². The van der Waals surface area contributed by atoms with Gasteiger partial charge in [0.05, 0.1) is 5.69 Å². The summed E-state index contributed by atoms with van der Waals surface area (Å²) in [5.41, 5.74) is 3.44. The Hall–Kier alpha value is -2.40. The smallest absolute Gasteiger partial charge is 0.341 e. The normalized spacial score (nSPS) is 11.0. The molecule has 1 aromatic carbocycles. The van der Waals surface area contributed by atoms with Gasteiger partial charge in [0.25, 0.3) is 0 Å². The molecule has 2 aromatic heterocycles. The highest BCUT2D eigenvalue weighted by Gasteiger charge is 2.21. The summed E-state index contributed by atoms with van der Waals surface area (Å²) in [6.45, 7) is 3.47. The molecule has 3 rings (SSSR count). The molecule has 22 heavy (non-hydrogen) atoms. The van der Waals surface area contributed by atoms with Crippen molar-refractivity contribution in [2.75, 3.05) is 0 Å². The molecule has 0 saturated carbocycles. The number of nitrogens with zero attached hydrogens (tertiary/aromatic N) is 3. The SMILES string of the molecule is Cc1nc2c(C(=O)O)c(C)nn2c(Cl)c1Cc1ccccc1. The van der Waals surface area contributed by atoms with Gasteiger partial charge in [-0.15, -0.1) is 0 Å². The Morgan fingerprint density at radius 3 is 2.55 bits per heavy atom. The van der Waals surface area contributed by atoms with E-state index in [2.05, 4.69) is 10.1 Å². The number of carbonyl (C=O) groups is 1. The van der Waals surface area contributed by atoms with Crippen LogP contribution in [-0.4, -0.2) is 25.7 Å². The van der Waals surface area contributed by atoms with Crippen LogP contribution in [0.4, 0.5) is 0 Å². The highest BCUT2D eigenvalue weighted by Crippen LogP contribution is 2.25. The fourth-order valence-corrected chi connectivity index (χ4v) is 2.83. The lowest BCUT2D eigenvalue weighted by Crippen LogP contribution is -2.05. The monoisotopic (exact) mass is 315 g/mol. The maximum atomic E-state index is 11.4. The molecule has 0 amide bonds. The van der Waals surface area contributed by atoms with E-state index in [1.807, 2.05) is 37.3 Å². The molecule has 0 saturated heterocycles. The number of halogens is 1. The van der Waals surface area contributed by atoms with Crippen molar-refractivity contribution in [1.82, 2.24) is 14.6 Å². The summed E-state index contributed by atoms with van der Waals surface area (Å²) in [5, 5.41) is 13.9. The number of rotatable bonds is 3. The largest absolute Gasteiger partial charge is 0.477 e. The van der Waals surface area contributed by atoms with E-state index in [-0.39, 0.29) is 11.2 Å². The van der Waals surface area contributed by atoms with Crippen molar-refractivity contribution < 1.29 is 9.90 Å². The number of aryl methyl sites for hydroxylation is 2. The molecule has 6 heteroatoms. The van der Waals surface area contributed by atoms with Crippen LogP contribution in [0.1, 0.15) is 32.9 Å². The van der Waals surface area contributed by atoms with E-state index >= 15 is 0 Å². The average Bonchev–Trinajstić information content (AvgIpc) is 2.81. The molecule has 0 bridgehead atoms. The highest BCUT2D eigenvalue weighted by molar-refractivity contribution is 6.30. The fourth-order valence-electron chi connectivity index (χ4n) is 2.51. The van der Waals surface area contributed by atoms with E-state index in [0.29, 0.717) is 23.0 Å². The molecule has 0 spiro atoms. The summed E-state index contributed by atoms with van der Waals surface area (Å²) in [7, 11) is 0. The van der Waals surface area contributed by atoms with Gasteiger partial charge in [0, 0.05) is 17.7 Å². The molecule has 0 aliphatic rings. The van der Waals surface area contributed by atoms with E-state index in [4.69, 9.17) is 11.6 Å². The topological polar surface area (TPSA) is 67.5 Å². The molecule has 0 aliphatic carbocycles. The molecule has 0 radical (unpaired) electrons. The Labute approximate surface area is 132 Å². The minimum absolute atomic E-state index is 0.0938. The van der Waals surface area contributed by atoms with Gasteiger partial charge in [0.1, 0.15) is 10.7 Å². The first kappa shape index (κ1) is 14.5. The van der Waals surface area contributed by atoms with Crippen molar-refractivity contribution in [3.8, 4) is 0 Å². The summed E-state index contributed by atoms with van der Waals surface area (Å²) in [5.74, 6) is -1.05. The first-order valence-electron chi connectivity index (χ1n) is 6.80. The Morgan fingerprint density at radius 1 is 1.23 bits per heavy atom. The number of hydrogen-bond acceptors (Lipinski definition) is 3. The standard InChI is InChI=1S/C16H14ClN3O2/c1-9-12(8-11-6-4-3-5-7-11)14(17)20-15(18-9)13(16(21)22)10(2)19-20/h3-7H,8H2,1-2H3,(H,21,22). The quantitative estimate of drug-likeness (QED) is 0.753. The molecule has 0 unspecified atom stereocenters. The molecule has 0 fully saturated rings. The Kier molecular flexibility index (Phi) is 3.58. The van der Waals surface area contributed by atoms with Crippen molar-refractivity contribution in [2.45, 2.75) is 20.3 Å². The van der Waals surface area contributed by atoms with Gasteiger partial charge in [-0.05, 0) is 19.4 Å². The maximum absolute atomic E-state index is 11.4. The van der Waals surface area contributed by atoms with Crippen LogP contribution < -0.4 is 0 Å². The van der Waals surface area contributed by atoms with Crippen LogP contribution in [-0.2, 0) is 6.42 Å². The second kappa shape index (κ2) is 5.42. The molecule has 5 nitrogen and oxygen atoms in total. The van der Waals surface area contributed by atoms with E-state index in [9.17, 15) is 9.90 Å². The summed E-state index contributed by atoms with van der Waals surface area (Å²) in [6, 6.07) is 9.90. The third-order valence-corrected chi connectivity index (χ3v) is 4.01. The van der Waals surface area contributed by atoms with Gasteiger partial charge < -0.3 is 5.11 Å². The van der Waals surface area contributed by atoms with Gasteiger partial charge in [0.15, 0.2) is 5.65 Å². The molecule has 0 aliphatic heterocycles. The number of carboxylic acids is 1. The third-order valence-electron chi connectivity index (χ3n) is 3.62. The number of benzene rings is 1. The van der Waals surface area contributed by atoms with Crippen molar-refractivity contribution in [2.24, 2.45) is 0 Å². The van der Waals surface area contributed by atoms with Gasteiger partial charge >= 0.3 is 5.97 Å². The first-order chi connectivity index (χ1) is 10.5. The zero-order valence-electron chi connectivity index (χ0n) is 12.2. The lowest BCUT2D eigenvalue weighted by Gasteiger charge is -2.09. The Bertz CT molecular complexity index is 872. The molecule has 1 N–H and O–H groups in total. The fraction of sp³-hybridized carbons (Fsp3) is 0.188. The number of hydrogen-bond donors (Lipinski definition) is 1. The highest BCUT2D eigenvalue weighted by atomic mass is 35.5. The van der Waals surface area contributed by atoms with Crippen LogP contribution in [0.3, 0.4) is 0 Å². The zero-order valence-corrected chi connectivity index (χ0v) is 12.9. The number of fused-ring (bicyclic) bond motifs is 1. The van der Waals surface area contributed by atoms with Crippen LogP contribution in [0.2, 0.25) is 5.15 Å². The van der Waals surface area contributed by atoms with Crippen LogP contribution in [0, 0.1) is 13.8 Å². The van der Waals surface area contributed by atoms with Gasteiger partial charge in [-0.25, -0.2) is 14.3 Å². The lowest BCUT2D eigenvalue weighted by molar-refractivity contribution is 0.0698. The molecular weight excluding hydrogens is 302 g/mol. The Morgan fingerprint density at radius 2 is 1.91 bits per heavy atom. The predicted molar refractivity (Wildman–Crippen MR) is 83.7 cm³/mol. The third kappa shape index (κ3) is 2.33. The Balaban J connectivity index is 2.19. The van der Waals surface area contributed by atoms with E-state index in [1.165, 1.54) is 4.52 Å². The molecule has 2 heterocycles. The van der Waals surface area contributed by atoms with Crippen LogP contribution >= 0.6 is 11.6 Å². The first-order valence-corrected chi connectivity index (χ1v) is 7.18. The van der Waals surface area contributed by atoms with E-state index < -0.39 is 5.97 Å². The summed E-state index contributed by atoms with van der Waals surface area (Å²) in [6.07, 6.45) is 0.621. The summed E-state index contributed by atoms with van der Waals surface area (Å²) >= 11 is 6.45. The van der Waals surface area contributed by atoms with Crippen LogP contribution in [0.25, 0.3) is 5.65 Å². The van der Waals surface area contributed by atoms with Gasteiger partial charge in [-0.1, -0.05) is 41.9 Å². The number of aromatic nitrogens is 3. The summed E-state index contributed by atoms with van der Waals surface area (Å²) < 4.78 is 1.41. The van der Waals surface area contributed by atoms with Crippen molar-refractivity contribution in [3.05, 3.63) is 63.6 Å². The van der Waals surface area contributed by atoms with Crippen LogP contribution in [0.5, 0.6) is 0 Å². The van der Waals surface area contributed by atoms with E-state index in [0.717, 1.165) is 11.1 Å². The maximum Gasteiger partial charge on any atom is 0.341 e. The predicted octanol–water partition coefficient (Wildman–Crippen LogP) is 3.29. The number of aromatic carboxylic acids is 1. The van der Waals surface area contributed by atoms with Crippen molar-refractivity contribution in [3.63, 3.8) is 0 Å². The lowest BCUT2D eigenvalue weighted by atomic mass is 10.1. The molecule has 112 valence electrons. The van der Waals surface area contributed by atoms with Gasteiger partial charge in [-0.2, -0.15) is 5.10 Å². The van der Waals surface area contributed by atoms with Crippen molar-refractivity contribution in [1.29, 1.82) is 0 Å². The van der Waals surface area contributed by atoms with Gasteiger partial charge in [-0.3, -0.25) is 0 Å². The average molecular weight is 316 g/mol. The zero-order chi connectivity index (χ0) is 15.9. The van der Waals surface area contributed by atoms with Crippen LogP contribution in [0.15, 0.2) is 30.3 Å². The molecule has 3 aromatic rings. The molecular formula is C16H14ClN3O2. The second-order valence-corrected chi connectivity index (χ2v) is 5.49. The van der Waals surface area contributed by atoms with Crippen molar-refractivity contribution >= 4 is 23.2 Å². The van der Waals surface area contributed by atoms with E-state index in [1.54, 1.807) is 6.92 Å². The molecule has 0 atom stereocenters. The summed E-state index contributed by atoms with van der Waals surface area (Å²) in [4.78, 5) is 15.8. The minimum atomic E-state index is -1.05. The second-order valence-electron chi connectivity index (χ2n) is 5.13.